The van der Waals surface area contributed by atoms with Gasteiger partial charge in [-0.1, -0.05) is 18.2 Å². The van der Waals surface area contributed by atoms with Gasteiger partial charge in [0.1, 0.15) is 6.54 Å². The Hall–Kier alpha value is -3.24. The summed E-state index contributed by atoms with van der Waals surface area (Å²) in [6.07, 6.45) is 2.87. The fourth-order valence-corrected chi connectivity index (χ4v) is 5.38. The number of carbonyl (C=O) groups is 1. The lowest BCUT2D eigenvalue weighted by molar-refractivity contribution is -0.116. The van der Waals surface area contributed by atoms with Crippen molar-refractivity contribution in [3.8, 4) is 5.69 Å². The molecule has 1 aliphatic heterocycles. The quantitative estimate of drug-likeness (QED) is 0.613. The van der Waals surface area contributed by atoms with Crippen LogP contribution in [0, 0.1) is 13.8 Å². The van der Waals surface area contributed by atoms with Gasteiger partial charge >= 0.3 is 0 Å². The Bertz CT molecular complexity index is 1310. The molecule has 0 unspecified atom stereocenters. The van der Waals surface area contributed by atoms with Crippen LogP contribution in [0.3, 0.4) is 0 Å². The number of nitrogens with one attached hydrogen (secondary N) is 1. The zero-order chi connectivity index (χ0) is 22.9. The highest BCUT2D eigenvalue weighted by Gasteiger charge is 2.28. The fraction of sp³-hybridized carbons (Fsp3) is 0.318. The summed E-state index contributed by atoms with van der Waals surface area (Å²) in [7, 11) is -3.68. The lowest BCUT2D eigenvalue weighted by atomic mass is 10.3. The third-order valence-corrected chi connectivity index (χ3v) is 7.41. The molecule has 0 spiro atoms. The van der Waals surface area contributed by atoms with Gasteiger partial charge in [0.15, 0.2) is 0 Å². The van der Waals surface area contributed by atoms with E-state index in [9.17, 15) is 18.0 Å². The molecule has 2 aromatic heterocycles. The molecule has 3 heterocycles. The highest BCUT2D eigenvalue weighted by molar-refractivity contribution is 7.89. The van der Waals surface area contributed by atoms with E-state index < -0.39 is 21.5 Å². The highest BCUT2D eigenvalue weighted by Crippen LogP contribution is 2.23. The van der Waals surface area contributed by atoms with Crippen molar-refractivity contribution in [3.63, 3.8) is 0 Å². The predicted molar refractivity (Wildman–Crippen MR) is 120 cm³/mol. The summed E-state index contributed by atoms with van der Waals surface area (Å²) in [6.45, 7) is 4.25. The van der Waals surface area contributed by atoms with E-state index in [0.717, 1.165) is 28.8 Å². The number of amides is 1. The lowest BCUT2D eigenvalue weighted by Gasteiger charge is -2.16. The standard InChI is InChI=1S/C22H25N5O4S/c1-16-22(17(2)27(24-16)18-8-4-3-5-9-18)23-20(28)15-25-14-19(10-11-21(25)29)32(30,31)26-12-6-7-13-26/h3-5,8-11,14H,6-7,12-13,15H2,1-2H3,(H,23,28). The summed E-state index contributed by atoms with van der Waals surface area (Å²) < 4.78 is 29.9. The zero-order valence-electron chi connectivity index (χ0n) is 18.0. The van der Waals surface area contributed by atoms with Crippen molar-refractivity contribution < 1.29 is 13.2 Å². The maximum absolute atomic E-state index is 12.8. The van der Waals surface area contributed by atoms with Gasteiger partial charge in [0, 0.05) is 25.4 Å². The van der Waals surface area contributed by atoms with Crippen molar-refractivity contribution in [2.45, 2.75) is 38.1 Å². The van der Waals surface area contributed by atoms with Gasteiger partial charge in [-0.25, -0.2) is 13.1 Å². The van der Waals surface area contributed by atoms with E-state index in [1.165, 1.54) is 22.6 Å². The molecular formula is C22H25N5O4S. The number of pyridine rings is 1. The van der Waals surface area contributed by atoms with E-state index in [0.29, 0.717) is 24.5 Å². The molecule has 0 radical (unpaired) electrons. The average Bonchev–Trinajstić information content (AvgIpc) is 3.41. The highest BCUT2D eigenvalue weighted by atomic mass is 32.2. The van der Waals surface area contributed by atoms with Crippen molar-refractivity contribution in [1.82, 2.24) is 18.7 Å². The van der Waals surface area contributed by atoms with Gasteiger partial charge in [-0.3, -0.25) is 9.59 Å². The van der Waals surface area contributed by atoms with Crippen LogP contribution in [0.5, 0.6) is 0 Å². The minimum atomic E-state index is -3.68. The molecule has 1 saturated heterocycles. The Morgan fingerprint density at radius 2 is 1.75 bits per heavy atom. The second-order valence-corrected chi connectivity index (χ2v) is 9.72. The van der Waals surface area contributed by atoms with Crippen LogP contribution in [0.4, 0.5) is 5.69 Å². The van der Waals surface area contributed by atoms with Gasteiger partial charge in [0.05, 0.1) is 27.7 Å². The Balaban J connectivity index is 1.55. The number of rotatable bonds is 6. The predicted octanol–water partition coefficient (Wildman–Crippen LogP) is 2.07. The van der Waals surface area contributed by atoms with Crippen molar-refractivity contribution >= 4 is 21.6 Å². The summed E-state index contributed by atoms with van der Waals surface area (Å²) in [5.41, 5.74) is 2.36. The molecule has 1 aliphatic rings. The Morgan fingerprint density at radius 3 is 2.44 bits per heavy atom. The number of nitrogens with zero attached hydrogens (tertiary/aromatic N) is 4. The molecule has 1 amide bonds. The molecule has 10 heteroatoms. The van der Waals surface area contributed by atoms with Crippen LogP contribution in [0.2, 0.25) is 0 Å². The summed E-state index contributed by atoms with van der Waals surface area (Å²) in [5.74, 6) is -0.443. The normalized spacial score (nSPS) is 14.6. The van der Waals surface area contributed by atoms with Crippen LogP contribution in [-0.4, -0.2) is 46.1 Å². The average molecular weight is 456 g/mol. The number of aryl methyl sites for hydroxylation is 1. The minimum Gasteiger partial charge on any atom is -0.321 e. The molecule has 0 bridgehead atoms. The van der Waals surface area contributed by atoms with E-state index in [1.807, 2.05) is 37.3 Å². The van der Waals surface area contributed by atoms with Crippen molar-refractivity contribution in [2.75, 3.05) is 18.4 Å². The van der Waals surface area contributed by atoms with Gasteiger partial charge in [0.25, 0.3) is 5.56 Å². The maximum atomic E-state index is 12.8. The summed E-state index contributed by atoms with van der Waals surface area (Å²) in [4.78, 5) is 25.0. The maximum Gasteiger partial charge on any atom is 0.251 e. The summed E-state index contributed by atoms with van der Waals surface area (Å²) in [6, 6.07) is 12.0. The number of sulfonamides is 1. The van der Waals surface area contributed by atoms with Crippen LogP contribution < -0.4 is 10.9 Å². The number of benzene rings is 1. The van der Waals surface area contributed by atoms with E-state index in [1.54, 1.807) is 11.6 Å². The molecule has 0 atom stereocenters. The number of para-hydroxylation sites is 1. The second-order valence-electron chi connectivity index (χ2n) is 7.78. The molecule has 3 aromatic rings. The Morgan fingerprint density at radius 1 is 1.06 bits per heavy atom. The van der Waals surface area contributed by atoms with Crippen LogP contribution >= 0.6 is 0 Å². The van der Waals surface area contributed by atoms with Crippen LogP contribution in [0.25, 0.3) is 5.69 Å². The fourth-order valence-electron chi connectivity index (χ4n) is 3.84. The third kappa shape index (κ3) is 4.23. The summed E-state index contributed by atoms with van der Waals surface area (Å²) in [5, 5.41) is 7.31. The van der Waals surface area contributed by atoms with E-state index in [-0.39, 0.29) is 11.4 Å². The number of carbonyl (C=O) groups excluding carboxylic acids is 1. The SMILES string of the molecule is Cc1nn(-c2ccccc2)c(C)c1NC(=O)Cn1cc(S(=O)(=O)N2CCCC2)ccc1=O. The van der Waals surface area contributed by atoms with Crippen LogP contribution in [0.1, 0.15) is 24.2 Å². The number of hydrogen-bond acceptors (Lipinski definition) is 5. The molecule has 9 nitrogen and oxygen atoms in total. The lowest BCUT2D eigenvalue weighted by Crippen LogP contribution is -2.31. The van der Waals surface area contributed by atoms with Gasteiger partial charge in [-0.05, 0) is 44.9 Å². The van der Waals surface area contributed by atoms with Gasteiger partial charge in [-0.15, -0.1) is 0 Å². The molecule has 4 rings (SSSR count). The Labute approximate surface area is 186 Å². The molecule has 1 fully saturated rings. The third-order valence-electron chi connectivity index (χ3n) is 5.53. The molecule has 168 valence electrons. The zero-order valence-corrected chi connectivity index (χ0v) is 18.8. The number of anilines is 1. The summed E-state index contributed by atoms with van der Waals surface area (Å²) >= 11 is 0. The largest absolute Gasteiger partial charge is 0.321 e. The first kappa shape index (κ1) is 22.0. The Kier molecular flexibility index (Phi) is 5.98. The van der Waals surface area contributed by atoms with Crippen molar-refractivity contribution in [2.24, 2.45) is 0 Å². The number of aromatic nitrogens is 3. The minimum absolute atomic E-state index is 0.0102. The van der Waals surface area contributed by atoms with Gasteiger partial charge in [0.2, 0.25) is 15.9 Å². The van der Waals surface area contributed by atoms with Crippen molar-refractivity contribution in [3.05, 3.63) is 70.4 Å². The van der Waals surface area contributed by atoms with E-state index >= 15 is 0 Å². The van der Waals surface area contributed by atoms with E-state index in [2.05, 4.69) is 10.4 Å². The monoisotopic (exact) mass is 455 g/mol. The molecule has 32 heavy (non-hydrogen) atoms. The van der Waals surface area contributed by atoms with Crippen LogP contribution in [-0.2, 0) is 21.4 Å². The van der Waals surface area contributed by atoms with Crippen LogP contribution in [0.15, 0.2) is 58.4 Å². The molecule has 1 N–H and O–H groups in total. The van der Waals surface area contributed by atoms with E-state index in [4.69, 9.17) is 0 Å². The number of hydrogen-bond donors (Lipinski definition) is 1. The van der Waals surface area contributed by atoms with Crippen molar-refractivity contribution in [1.29, 1.82) is 0 Å². The first-order valence-electron chi connectivity index (χ1n) is 10.4. The topological polar surface area (TPSA) is 106 Å². The van der Waals surface area contributed by atoms with Gasteiger partial charge < -0.3 is 9.88 Å². The molecule has 1 aromatic carbocycles. The second kappa shape index (κ2) is 8.71. The smallest absolute Gasteiger partial charge is 0.251 e. The molecule has 0 saturated carbocycles. The first-order chi connectivity index (χ1) is 15.3. The molecular weight excluding hydrogens is 430 g/mol. The first-order valence-corrected chi connectivity index (χ1v) is 11.8. The van der Waals surface area contributed by atoms with Gasteiger partial charge in [-0.2, -0.15) is 9.40 Å². The molecule has 0 aliphatic carbocycles.